The normalized spacial score (nSPS) is 16.2. The Labute approximate surface area is 166 Å². The molecular weight excluding hydrogens is 371 g/mol. The molecule has 4 nitrogen and oxygen atoms in total. The van der Waals surface area contributed by atoms with Crippen LogP contribution in [0.1, 0.15) is 5.56 Å². The number of rotatable bonds is 7. The van der Waals surface area contributed by atoms with E-state index in [0.29, 0.717) is 19.8 Å². The van der Waals surface area contributed by atoms with Crippen molar-refractivity contribution in [2.75, 3.05) is 44.2 Å². The van der Waals surface area contributed by atoms with Gasteiger partial charge in [0.25, 0.3) is 0 Å². The molecule has 0 saturated carbocycles. The second-order valence-corrected chi connectivity index (χ2v) is 6.86. The number of halogens is 2. The van der Waals surface area contributed by atoms with E-state index in [0.717, 1.165) is 36.8 Å². The molecule has 2 aromatic rings. The number of benzene rings is 2. The van der Waals surface area contributed by atoms with Crippen molar-refractivity contribution in [3.63, 3.8) is 0 Å². The van der Waals surface area contributed by atoms with Crippen LogP contribution in [-0.2, 0) is 11.3 Å². The smallest absolute Gasteiger partial charge is 0.0900 e. The lowest BCUT2D eigenvalue weighted by atomic mass is 10.2. The van der Waals surface area contributed by atoms with Crippen molar-refractivity contribution >= 4 is 29.7 Å². The van der Waals surface area contributed by atoms with Gasteiger partial charge in [-0.1, -0.05) is 48.0 Å². The summed E-state index contributed by atoms with van der Waals surface area (Å²) in [5.41, 5.74) is 2.30. The van der Waals surface area contributed by atoms with Gasteiger partial charge in [-0.2, -0.15) is 0 Å². The molecule has 0 spiro atoms. The number of ether oxygens (including phenoxy) is 1. The number of β-amino-alcohol motifs (C(OH)–C–C–N with tert-alkyl or cyclic N) is 1. The van der Waals surface area contributed by atoms with Crippen LogP contribution in [0.15, 0.2) is 54.6 Å². The molecule has 0 radical (unpaired) electrons. The molecule has 6 heteroatoms. The van der Waals surface area contributed by atoms with Crippen molar-refractivity contribution < 1.29 is 9.84 Å². The van der Waals surface area contributed by atoms with E-state index >= 15 is 0 Å². The summed E-state index contributed by atoms with van der Waals surface area (Å²) >= 11 is 6.07. The average molecular weight is 397 g/mol. The fourth-order valence-electron chi connectivity index (χ4n) is 3.10. The Balaban J connectivity index is 0.00000243. The van der Waals surface area contributed by atoms with E-state index in [1.54, 1.807) is 0 Å². The predicted molar refractivity (Wildman–Crippen MR) is 109 cm³/mol. The fourth-order valence-corrected chi connectivity index (χ4v) is 3.28. The zero-order valence-corrected chi connectivity index (χ0v) is 16.3. The number of aliphatic hydroxyl groups excluding tert-OH is 1. The summed E-state index contributed by atoms with van der Waals surface area (Å²) in [6, 6.07) is 18.0. The first kappa shape index (κ1) is 21.0. The van der Waals surface area contributed by atoms with Crippen LogP contribution >= 0.6 is 24.0 Å². The third kappa shape index (κ3) is 6.45. The molecule has 0 aliphatic carbocycles. The highest BCUT2D eigenvalue weighted by atomic mass is 35.5. The first-order chi connectivity index (χ1) is 12.2. The molecule has 1 unspecified atom stereocenters. The Morgan fingerprint density at radius 3 is 2.42 bits per heavy atom. The van der Waals surface area contributed by atoms with Gasteiger partial charge in [-0.05, 0) is 23.8 Å². The molecule has 0 amide bonds. The number of hydrogen-bond acceptors (Lipinski definition) is 4. The van der Waals surface area contributed by atoms with E-state index in [1.165, 1.54) is 5.69 Å². The summed E-state index contributed by atoms with van der Waals surface area (Å²) in [6.45, 7) is 5.31. The molecule has 1 fully saturated rings. The molecule has 2 aromatic carbocycles. The monoisotopic (exact) mass is 396 g/mol. The Morgan fingerprint density at radius 1 is 1.00 bits per heavy atom. The molecule has 1 heterocycles. The number of nitrogens with zero attached hydrogens (tertiary/aromatic N) is 2. The van der Waals surface area contributed by atoms with E-state index in [9.17, 15) is 5.11 Å². The zero-order chi connectivity index (χ0) is 17.5. The van der Waals surface area contributed by atoms with Crippen molar-refractivity contribution in [1.82, 2.24) is 4.90 Å². The van der Waals surface area contributed by atoms with Crippen LogP contribution in [0.2, 0.25) is 5.02 Å². The van der Waals surface area contributed by atoms with Gasteiger partial charge < -0.3 is 14.7 Å². The maximum Gasteiger partial charge on any atom is 0.0900 e. The molecule has 1 N–H and O–H groups in total. The van der Waals surface area contributed by atoms with Gasteiger partial charge >= 0.3 is 0 Å². The molecule has 0 bridgehead atoms. The van der Waals surface area contributed by atoms with E-state index in [4.69, 9.17) is 16.3 Å². The first-order valence-electron chi connectivity index (χ1n) is 8.73. The van der Waals surface area contributed by atoms with Gasteiger partial charge in [0.2, 0.25) is 0 Å². The molecular formula is C20H26Cl2N2O2. The van der Waals surface area contributed by atoms with E-state index in [-0.39, 0.29) is 12.4 Å². The van der Waals surface area contributed by atoms with Crippen molar-refractivity contribution in [2.24, 2.45) is 0 Å². The summed E-state index contributed by atoms with van der Waals surface area (Å²) in [6.07, 6.45) is -0.457. The zero-order valence-electron chi connectivity index (χ0n) is 14.8. The van der Waals surface area contributed by atoms with Gasteiger partial charge in [-0.15, -0.1) is 12.4 Å². The lowest BCUT2D eigenvalue weighted by molar-refractivity contribution is 0.00914. The standard InChI is InChI=1S/C20H25ClN2O2.ClH/c21-18-7-4-8-19(13-18)23-11-9-22(10-12-23)14-20(24)16-25-15-17-5-2-1-3-6-17;/h1-8,13,20,24H,9-12,14-16H2;1H. The molecule has 1 atom stereocenters. The number of anilines is 1. The molecule has 1 aliphatic rings. The molecule has 1 aliphatic heterocycles. The molecule has 3 rings (SSSR count). The summed E-state index contributed by atoms with van der Waals surface area (Å²) in [5.74, 6) is 0. The maximum atomic E-state index is 10.2. The third-order valence-corrected chi connectivity index (χ3v) is 4.67. The summed E-state index contributed by atoms with van der Waals surface area (Å²) < 4.78 is 5.62. The largest absolute Gasteiger partial charge is 0.389 e. The molecule has 1 saturated heterocycles. The quantitative estimate of drug-likeness (QED) is 0.777. The Kier molecular flexibility index (Phi) is 8.69. The molecule has 142 valence electrons. The highest BCUT2D eigenvalue weighted by molar-refractivity contribution is 6.30. The van der Waals surface area contributed by atoms with Crippen LogP contribution in [0.3, 0.4) is 0 Å². The maximum absolute atomic E-state index is 10.2. The number of piperazine rings is 1. The fraction of sp³-hybridized carbons (Fsp3) is 0.400. The van der Waals surface area contributed by atoms with Crippen LogP contribution in [0.25, 0.3) is 0 Å². The second kappa shape index (κ2) is 10.8. The van der Waals surface area contributed by atoms with Gasteiger partial charge in [0.05, 0.1) is 19.3 Å². The third-order valence-electron chi connectivity index (χ3n) is 4.44. The summed E-state index contributed by atoms with van der Waals surface area (Å²) in [5, 5.41) is 11.0. The van der Waals surface area contributed by atoms with Gasteiger partial charge in [-0.3, -0.25) is 4.90 Å². The van der Waals surface area contributed by atoms with Gasteiger partial charge in [0, 0.05) is 43.4 Å². The molecule has 0 aromatic heterocycles. The van der Waals surface area contributed by atoms with Crippen LogP contribution in [0, 0.1) is 0 Å². The predicted octanol–water partition coefficient (Wildman–Crippen LogP) is 3.46. The minimum atomic E-state index is -0.457. The Morgan fingerprint density at radius 2 is 1.73 bits per heavy atom. The van der Waals surface area contributed by atoms with Gasteiger partial charge in [0.1, 0.15) is 0 Å². The van der Waals surface area contributed by atoms with Crippen molar-refractivity contribution in [3.8, 4) is 0 Å². The SMILES string of the molecule is Cl.OC(COCc1ccccc1)CN1CCN(c2cccc(Cl)c2)CC1. The van der Waals surface area contributed by atoms with E-state index in [1.807, 2.05) is 48.5 Å². The van der Waals surface area contributed by atoms with E-state index < -0.39 is 6.10 Å². The highest BCUT2D eigenvalue weighted by Gasteiger charge is 2.19. The Hall–Kier alpha value is -1.30. The average Bonchev–Trinajstić information content (AvgIpc) is 2.63. The van der Waals surface area contributed by atoms with Crippen LogP contribution in [-0.4, -0.2) is 55.4 Å². The van der Waals surface area contributed by atoms with Gasteiger partial charge in [-0.25, -0.2) is 0 Å². The van der Waals surface area contributed by atoms with Gasteiger partial charge in [0.15, 0.2) is 0 Å². The topological polar surface area (TPSA) is 35.9 Å². The summed E-state index contributed by atoms with van der Waals surface area (Å²) in [4.78, 5) is 4.62. The van der Waals surface area contributed by atoms with Crippen molar-refractivity contribution in [2.45, 2.75) is 12.7 Å². The summed E-state index contributed by atoms with van der Waals surface area (Å²) in [7, 11) is 0. The molecule has 26 heavy (non-hydrogen) atoms. The van der Waals surface area contributed by atoms with Crippen LogP contribution in [0.4, 0.5) is 5.69 Å². The lowest BCUT2D eigenvalue weighted by Crippen LogP contribution is -2.49. The second-order valence-electron chi connectivity index (χ2n) is 6.42. The number of aliphatic hydroxyl groups is 1. The van der Waals surface area contributed by atoms with Crippen molar-refractivity contribution in [1.29, 1.82) is 0 Å². The van der Waals surface area contributed by atoms with E-state index in [2.05, 4.69) is 15.9 Å². The highest BCUT2D eigenvalue weighted by Crippen LogP contribution is 2.20. The first-order valence-corrected chi connectivity index (χ1v) is 9.11. The van der Waals surface area contributed by atoms with Crippen LogP contribution in [0.5, 0.6) is 0 Å². The minimum Gasteiger partial charge on any atom is -0.389 e. The minimum absolute atomic E-state index is 0. The number of hydrogen-bond donors (Lipinski definition) is 1. The van der Waals surface area contributed by atoms with Crippen LogP contribution < -0.4 is 4.90 Å². The Bertz CT molecular complexity index is 649. The van der Waals surface area contributed by atoms with Crippen molar-refractivity contribution in [3.05, 3.63) is 65.2 Å². The lowest BCUT2D eigenvalue weighted by Gasteiger charge is -2.36.